The lowest BCUT2D eigenvalue weighted by Crippen LogP contribution is -2.66. The fourth-order valence-electron chi connectivity index (χ4n) is 3.74. The number of carbonyl (C=O) groups excluding carboxylic acids is 1. The Morgan fingerprint density at radius 3 is 2.27 bits per heavy atom. The van der Waals surface area contributed by atoms with Crippen molar-refractivity contribution in [3.05, 3.63) is 59.7 Å². The number of benzene rings is 2. The van der Waals surface area contributed by atoms with E-state index < -0.39 is 15.4 Å². The number of aliphatic hydroxyl groups is 1. The van der Waals surface area contributed by atoms with Crippen molar-refractivity contribution in [2.75, 3.05) is 51.5 Å². The van der Waals surface area contributed by atoms with E-state index in [2.05, 4.69) is 4.90 Å². The van der Waals surface area contributed by atoms with Gasteiger partial charge in [-0.25, -0.2) is 13.2 Å². The largest absolute Gasteiger partial charge is 0.465 e. The molecule has 1 aliphatic rings. The van der Waals surface area contributed by atoms with E-state index >= 15 is 0 Å². The number of ether oxygens (including phenoxy) is 1. The second kappa shape index (κ2) is 8.75. The minimum Gasteiger partial charge on any atom is -0.465 e. The van der Waals surface area contributed by atoms with Gasteiger partial charge < -0.3 is 14.7 Å². The molecule has 1 aliphatic heterocycles. The topological polar surface area (TPSA) is 87.2 Å². The van der Waals surface area contributed by atoms with Gasteiger partial charge in [0.05, 0.1) is 17.6 Å². The number of sulfone groups is 1. The lowest BCUT2D eigenvalue weighted by Gasteiger charge is -2.48. The molecule has 3 rings (SSSR count). The van der Waals surface area contributed by atoms with Gasteiger partial charge >= 0.3 is 5.97 Å². The summed E-state index contributed by atoms with van der Waals surface area (Å²) in [6, 6.07) is 14.1. The normalized spacial score (nSPS) is 16.0. The van der Waals surface area contributed by atoms with Gasteiger partial charge in [0, 0.05) is 45.2 Å². The van der Waals surface area contributed by atoms with Crippen LogP contribution in [0.15, 0.2) is 53.4 Å². The van der Waals surface area contributed by atoms with E-state index in [0.29, 0.717) is 30.1 Å². The first-order chi connectivity index (χ1) is 14.1. The van der Waals surface area contributed by atoms with Crippen LogP contribution in [0.2, 0.25) is 0 Å². The van der Waals surface area contributed by atoms with Crippen LogP contribution in [0.1, 0.15) is 15.9 Å². The molecule has 1 N–H and O–H groups in total. The number of hydrogen-bond acceptors (Lipinski definition) is 7. The zero-order valence-electron chi connectivity index (χ0n) is 17.5. The molecule has 0 atom stereocenters. The van der Waals surface area contributed by atoms with Crippen LogP contribution in [0.25, 0.3) is 0 Å². The summed E-state index contributed by atoms with van der Waals surface area (Å²) in [6.07, 6.45) is 2.00. The highest BCUT2D eigenvalue weighted by atomic mass is 32.2. The predicted octanol–water partition coefficient (Wildman–Crippen LogP) is 1.60. The molecule has 1 fully saturated rings. The first-order valence-electron chi connectivity index (χ1n) is 9.73. The minimum absolute atomic E-state index is 0.326. The molecule has 1 saturated heterocycles. The summed E-state index contributed by atoms with van der Waals surface area (Å²) in [5.41, 5.74) is 1.70. The molecule has 2 aromatic carbocycles. The molecule has 162 valence electrons. The Morgan fingerprint density at radius 2 is 1.73 bits per heavy atom. The number of likely N-dealkylation sites (tertiary alicyclic amines) is 1. The fourth-order valence-corrected chi connectivity index (χ4v) is 4.37. The maximum Gasteiger partial charge on any atom is 0.337 e. The predicted molar refractivity (Wildman–Crippen MR) is 116 cm³/mol. The van der Waals surface area contributed by atoms with E-state index in [1.807, 2.05) is 36.2 Å². The summed E-state index contributed by atoms with van der Waals surface area (Å²) < 4.78 is 27.8. The van der Waals surface area contributed by atoms with Crippen LogP contribution in [-0.2, 0) is 21.0 Å². The molecule has 0 amide bonds. The molecule has 1 heterocycles. The first kappa shape index (κ1) is 22.3. The summed E-state index contributed by atoms with van der Waals surface area (Å²) in [6.45, 7) is 2.46. The Kier molecular flexibility index (Phi) is 6.50. The van der Waals surface area contributed by atoms with Gasteiger partial charge in [-0.2, -0.15) is 0 Å². The monoisotopic (exact) mass is 432 g/mol. The molecule has 7 nitrogen and oxygen atoms in total. The van der Waals surface area contributed by atoms with Crippen molar-refractivity contribution >= 4 is 21.5 Å². The number of likely N-dealkylation sites (N-methyl/N-ethyl adjacent to an activating group) is 1. The molecule has 0 spiro atoms. The standard InChI is InChI=1S/C22H28N2O5S/c1-23(19-8-6-18(7-9-19)21(25)29-2)14-22(26)15-24(16-22)13-12-17-4-10-20(11-5-17)30(3,27)28/h4-11,26H,12-16H2,1-3H3. The fraction of sp³-hybridized carbons (Fsp3) is 0.409. The average Bonchev–Trinajstić information content (AvgIpc) is 2.69. The summed E-state index contributed by atoms with van der Waals surface area (Å²) >= 11 is 0. The number of hydrogen-bond donors (Lipinski definition) is 1. The second-order valence-electron chi connectivity index (χ2n) is 8.00. The van der Waals surface area contributed by atoms with Gasteiger partial charge in [-0.3, -0.25) is 4.90 Å². The average molecular weight is 433 g/mol. The van der Waals surface area contributed by atoms with Crippen LogP contribution in [-0.4, -0.2) is 76.6 Å². The van der Waals surface area contributed by atoms with E-state index in [-0.39, 0.29) is 5.97 Å². The second-order valence-corrected chi connectivity index (χ2v) is 10.0. The van der Waals surface area contributed by atoms with Crippen molar-refractivity contribution in [3.8, 4) is 0 Å². The van der Waals surface area contributed by atoms with Crippen molar-refractivity contribution in [2.24, 2.45) is 0 Å². The molecule has 0 radical (unpaired) electrons. The van der Waals surface area contributed by atoms with Crippen LogP contribution in [0.5, 0.6) is 0 Å². The maximum absolute atomic E-state index is 11.5. The highest BCUT2D eigenvalue weighted by Gasteiger charge is 2.41. The van der Waals surface area contributed by atoms with Gasteiger partial charge in [-0.05, 0) is 48.4 Å². The van der Waals surface area contributed by atoms with Crippen molar-refractivity contribution in [1.82, 2.24) is 4.90 Å². The molecule has 0 saturated carbocycles. The van der Waals surface area contributed by atoms with E-state index in [1.54, 1.807) is 24.3 Å². The minimum atomic E-state index is -3.17. The van der Waals surface area contributed by atoms with Gasteiger partial charge in [-0.1, -0.05) is 12.1 Å². The summed E-state index contributed by atoms with van der Waals surface area (Å²) in [5, 5.41) is 10.8. The van der Waals surface area contributed by atoms with Crippen LogP contribution in [0.4, 0.5) is 5.69 Å². The smallest absolute Gasteiger partial charge is 0.337 e. The third-order valence-corrected chi connectivity index (χ3v) is 6.49. The summed E-state index contributed by atoms with van der Waals surface area (Å²) in [4.78, 5) is 16.0. The third kappa shape index (κ3) is 5.38. The molecule has 8 heteroatoms. The van der Waals surface area contributed by atoms with Crippen molar-refractivity contribution in [1.29, 1.82) is 0 Å². The Morgan fingerprint density at radius 1 is 1.13 bits per heavy atom. The zero-order chi connectivity index (χ0) is 21.9. The summed E-state index contributed by atoms with van der Waals surface area (Å²) in [7, 11) is 0.0925. The number of rotatable bonds is 8. The maximum atomic E-state index is 11.5. The van der Waals surface area contributed by atoms with Crippen LogP contribution in [0.3, 0.4) is 0 Å². The van der Waals surface area contributed by atoms with E-state index in [4.69, 9.17) is 4.74 Å². The van der Waals surface area contributed by atoms with Gasteiger partial charge in [0.1, 0.15) is 5.60 Å². The van der Waals surface area contributed by atoms with Crippen LogP contribution < -0.4 is 4.90 Å². The molecule has 0 aliphatic carbocycles. The number of nitrogens with zero attached hydrogens (tertiary/aromatic N) is 2. The molecule has 0 aromatic heterocycles. The number of esters is 1. The van der Waals surface area contributed by atoms with E-state index in [0.717, 1.165) is 24.2 Å². The number of β-amino-alcohol motifs (C(OH)–C–C–N with tert-alkyl or cyclic N) is 1. The van der Waals surface area contributed by atoms with E-state index in [9.17, 15) is 18.3 Å². The molecule has 2 aromatic rings. The Bertz CT molecular complexity index is 981. The number of methoxy groups -OCH3 is 1. The van der Waals surface area contributed by atoms with E-state index in [1.165, 1.54) is 13.4 Å². The molecule has 0 unspecified atom stereocenters. The lowest BCUT2D eigenvalue weighted by atomic mass is 9.92. The van der Waals surface area contributed by atoms with Crippen molar-refractivity contribution in [2.45, 2.75) is 16.9 Å². The molecular formula is C22H28N2O5S. The molecular weight excluding hydrogens is 404 g/mol. The summed E-state index contributed by atoms with van der Waals surface area (Å²) in [5.74, 6) is -0.372. The Labute approximate surface area is 177 Å². The highest BCUT2D eigenvalue weighted by molar-refractivity contribution is 7.90. The molecule has 0 bridgehead atoms. The Balaban J connectivity index is 1.47. The SMILES string of the molecule is COC(=O)c1ccc(N(C)CC2(O)CN(CCc3ccc(S(C)(=O)=O)cc3)C2)cc1. The quantitative estimate of drug-likeness (QED) is 0.634. The van der Waals surface area contributed by atoms with Crippen molar-refractivity contribution in [3.63, 3.8) is 0 Å². The number of anilines is 1. The number of carbonyl (C=O) groups is 1. The van der Waals surface area contributed by atoms with Gasteiger partial charge in [0.25, 0.3) is 0 Å². The Hall–Kier alpha value is -2.42. The van der Waals surface area contributed by atoms with Crippen molar-refractivity contribution < 1.29 is 23.1 Å². The highest BCUT2D eigenvalue weighted by Crippen LogP contribution is 2.25. The van der Waals surface area contributed by atoms with Crippen LogP contribution >= 0.6 is 0 Å². The van der Waals surface area contributed by atoms with Crippen LogP contribution in [0, 0.1) is 0 Å². The van der Waals surface area contributed by atoms with Gasteiger partial charge in [0.15, 0.2) is 9.84 Å². The van der Waals surface area contributed by atoms with Gasteiger partial charge in [-0.15, -0.1) is 0 Å². The lowest BCUT2D eigenvalue weighted by molar-refractivity contribution is -0.0896. The molecule has 30 heavy (non-hydrogen) atoms. The zero-order valence-corrected chi connectivity index (χ0v) is 18.4. The van der Waals surface area contributed by atoms with Gasteiger partial charge in [0.2, 0.25) is 0 Å². The first-order valence-corrected chi connectivity index (χ1v) is 11.6. The third-order valence-electron chi connectivity index (χ3n) is 5.36.